The molecule has 0 aliphatic carbocycles. The van der Waals surface area contributed by atoms with Gasteiger partial charge in [0.05, 0.1) is 11.3 Å². The van der Waals surface area contributed by atoms with Gasteiger partial charge in [-0.25, -0.2) is 4.98 Å². The monoisotopic (exact) mass is 258 g/mol. The van der Waals surface area contributed by atoms with E-state index >= 15 is 0 Å². The predicted molar refractivity (Wildman–Crippen MR) is 61.7 cm³/mol. The van der Waals surface area contributed by atoms with Gasteiger partial charge in [0.2, 0.25) is 0 Å². The lowest BCUT2D eigenvalue weighted by Gasteiger charge is -2.09. The molecular formula is C11H9F3N2S. The Kier molecular flexibility index (Phi) is 2.82. The van der Waals surface area contributed by atoms with Gasteiger partial charge in [0.1, 0.15) is 0 Å². The lowest BCUT2D eigenvalue weighted by molar-refractivity contribution is -0.137. The van der Waals surface area contributed by atoms with Crippen molar-refractivity contribution in [2.24, 2.45) is 0 Å². The number of alkyl halides is 3. The van der Waals surface area contributed by atoms with Crippen molar-refractivity contribution < 1.29 is 13.2 Å². The maximum absolute atomic E-state index is 12.5. The highest BCUT2D eigenvalue weighted by Crippen LogP contribution is 2.33. The van der Waals surface area contributed by atoms with Crippen LogP contribution in [0.5, 0.6) is 0 Å². The number of aryl methyl sites for hydroxylation is 1. The number of hydrogen-bond acceptors (Lipinski definition) is 3. The molecule has 2 rings (SSSR count). The maximum atomic E-state index is 12.5. The van der Waals surface area contributed by atoms with Crippen molar-refractivity contribution in [1.82, 2.24) is 4.98 Å². The van der Waals surface area contributed by atoms with Gasteiger partial charge >= 0.3 is 6.18 Å². The third-order valence-corrected chi connectivity index (χ3v) is 3.03. The molecule has 90 valence electrons. The SMILES string of the molecule is Cc1cc(C(F)(F)F)ccc1-c1csc(N)n1. The van der Waals surface area contributed by atoms with E-state index in [1.54, 1.807) is 12.3 Å². The van der Waals surface area contributed by atoms with Gasteiger partial charge in [-0.1, -0.05) is 6.07 Å². The molecule has 2 nitrogen and oxygen atoms in total. The molecule has 1 aromatic heterocycles. The van der Waals surface area contributed by atoms with E-state index in [9.17, 15) is 13.2 Å². The quantitative estimate of drug-likeness (QED) is 0.846. The van der Waals surface area contributed by atoms with Crippen molar-refractivity contribution in [2.45, 2.75) is 13.1 Å². The second kappa shape index (κ2) is 4.03. The van der Waals surface area contributed by atoms with E-state index in [1.165, 1.54) is 17.4 Å². The summed E-state index contributed by atoms with van der Waals surface area (Å²) in [6.07, 6.45) is -4.32. The fourth-order valence-corrected chi connectivity index (χ4v) is 2.10. The van der Waals surface area contributed by atoms with Gasteiger partial charge in [-0.15, -0.1) is 11.3 Å². The summed E-state index contributed by atoms with van der Waals surface area (Å²) in [7, 11) is 0. The summed E-state index contributed by atoms with van der Waals surface area (Å²) < 4.78 is 37.4. The maximum Gasteiger partial charge on any atom is 0.416 e. The van der Waals surface area contributed by atoms with E-state index in [0.717, 1.165) is 12.1 Å². The Balaban J connectivity index is 2.45. The molecule has 0 unspecified atom stereocenters. The van der Waals surface area contributed by atoms with Crippen molar-refractivity contribution in [3.63, 3.8) is 0 Å². The summed E-state index contributed by atoms with van der Waals surface area (Å²) in [5.74, 6) is 0. The Hall–Kier alpha value is -1.56. The number of thiazole rings is 1. The molecule has 0 spiro atoms. The van der Waals surface area contributed by atoms with Gasteiger partial charge in [-0.2, -0.15) is 13.2 Å². The summed E-state index contributed by atoms with van der Waals surface area (Å²) in [6, 6.07) is 3.59. The molecule has 0 fully saturated rings. The molecular weight excluding hydrogens is 249 g/mol. The van der Waals surface area contributed by atoms with Gasteiger partial charge in [-0.3, -0.25) is 0 Å². The normalized spacial score (nSPS) is 11.8. The number of benzene rings is 1. The molecule has 2 aromatic rings. The molecule has 0 aliphatic rings. The molecule has 0 aliphatic heterocycles. The average Bonchev–Trinajstić information content (AvgIpc) is 2.63. The van der Waals surface area contributed by atoms with Crippen LogP contribution in [0, 0.1) is 6.92 Å². The van der Waals surface area contributed by atoms with Crippen LogP contribution in [-0.4, -0.2) is 4.98 Å². The van der Waals surface area contributed by atoms with Crippen molar-refractivity contribution in [3.8, 4) is 11.3 Å². The van der Waals surface area contributed by atoms with Crippen LogP contribution in [-0.2, 0) is 6.18 Å². The first-order valence-electron chi connectivity index (χ1n) is 4.77. The van der Waals surface area contributed by atoms with Crippen LogP contribution < -0.4 is 5.73 Å². The Morgan fingerprint density at radius 2 is 2.00 bits per heavy atom. The first-order chi connectivity index (χ1) is 7.88. The highest BCUT2D eigenvalue weighted by molar-refractivity contribution is 7.13. The Labute approximate surface area is 99.9 Å². The highest BCUT2D eigenvalue weighted by Gasteiger charge is 2.30. The number of halogens is 3. The second-order valence-electron chi connectivity index (χ2n) is 3.60. The molecule has 0 saturated carbocycles. The summed E-state index contributed by atoms with van der Waals surface area (Å²) in [5.41, 5.74) is 6.66. The first-order valence-corrected chi connectivity index (χ1v) is 5.65. The van der Waals surface area contributed by atoms with E-state index in [1.807, 2.05) is 0 Å². The van der Waals surface area contributed by atoms with Crippen molar-refractivity contribution in [3.05, 3.63) is 34.7 Å². The van der Waals surface area contributed by atoms with Crippen LogP contribution in [0.15, 0.2) is 23.6 Å². The zero-order valence-electron chi connectivity index (χ0n) is 8.88. The number of anilines is 1. The largest absolute Gasteiger partial charge is 0.416 e. The minimum Gasteiger partial charge on any atom is -0.375 e. The lowest BCUT2D eigenvalue weighted by atomic mass is 10.0. The van der Waals surface area contributed by atoms with Gasteiger partial charge in [0.15, 0.2) is 5.13 Å². The molecule has 17 heavy (non-hydrogen) atoms. The topological polar surface area (TPSA) is 38.9 Å². The fourth-order valence-electron chi connectivity index (χ4n) is 1.54. The molecule has 1 heterocycles. The molecule has 0 saturated heterocycles. The summed E-state index contributed by atoms with van der Waals surface area (Å²) in [6.45, 7) is 1.63. The molecule has 0 radical (unpaired) electrons. The van der Waals surface area contributed by atoms with Gasteiger partial charge in [0.25, 0.3) is 0 Å². The van der Waals surface area contributed by atoms with Gasteiger partial charge < -0.3 is 5.73 Å². The fraction of sp³-hybridized carbons (Fsp3) is 0.182. The zero-order chi connectivity index (χ0) is 12.6. The number of nitrogens with two attached hydrogens (primary N) is 1. The van der Waals surface area contributed by atoms with Crippen LogP contribution in [0.1, 0.15) is 11.1 Å². The molecule has 6 heteroatoms. The Morgan fingerprint density at radius 3 is 2.47 bits per heavy atom. The molecule has 0 amide bonds. The predicted octanol–water partition coefficient (Wildman–Crippen LogP) is 3.72. The number of nitrogen functional groups attached to an aromatic ring is 1. The van der Waals surface area contributed by atoms with Crippen LogP contribution >= 0.6 is 11.3 Å². The van der Waals surface area contributed by atoms with Crippen molar-refractivity contribution in [2.75, 3.05) is 5.73 Å². The lowest BCUT2D eigenvalue weighted by Crippen LogP contribution is -2.05. The third kappa shape index (κ3) is 2.41. The standard InChI is InChI=1S/C11H9F3N2S/c1-6-4-7(11(12,13)14)2-3-8(6)9-5-17-10(15)16-9/h2-5H,1H3,(H2,15,16). The van der Waals surface area contributed by atoms with E-state index in [-0.39, 0.29) is 0 Å². The van der Waals surface area contributed by atoms with Crippen LogP contribution in [0.3, 0.4) is 0 Å². The van der Waals surface area contributed by atoms with E-state index in [0.29, 0.717) is 22.0 Å². The van der Waals surface area contributed by atoms with Crippen molar-refractivity contribution >= 4 is 16.5 Å². The van der Waals surface area contributed by atoms with Crippen LogP contribution in [0.25, 0.3) is 11.3 Å². The highest BCUT2D eigenvalue weighted by atomic mass is 32.1. The van der Waals surface area contributed by atoms with E-state index < -0.39 is 11.7 Å². The van der Waals surface area contributed by atoms with Crippen molar-refractivity contribution in [1.29, 1.82) is 0 Å². The number of hydrogen-bond donors (Lipinski definition) is 1. The van der Waals surface area contributed by atoms with Crippen LogP contribution in [0.4, 0.5) is 18.3 Å². The first kappa shape index (κ1) is 11.9. The Morgan fingerprint density at radius 1 is 1.29 bits per heavy atom. The minimum absolute atomic E-state index is 0.402. The zero-order valence-corrected chi connectivity index (χ0v) is 9.69. The molecule has 0 atom stereocenters. The molecule has 0 bridgehead atoms. The van der Waals surface area contributed by atoms with Gasteiger partial charge in [0, 0.05) is 10.9 Å². The van der Waals surface area contributed by atoms with E-state index in [4.69, 9.17) is 5.73 Å². The van der Waals surface area contributed by atoms with Gasteiger partial charge in [-0.05, 0) is 24.6 Å². The summed E-state index contributed by atoms with van der Waals surface area (Å²) in [5, 5.41) is 2.13. The minimum atomic E-state index is -4.32. The molecule has 2 N–H and O–H groups in total. The summed E-state index contributed by atoms with van der Waals surface area (Å²) >= 11 is 1.26. The number of rotatable bonds is 1. The van der Waals surface area contributed by atoms with E-state index in [2.05, 4.69) is 4.98 Å². The third-order valence-electron chi connectivity index (χ3n) is 2.35. The number of nitrogens with zero attached hydrogens (tertiary/aromatic N) is 1. The second-order valence-corrected chi connectivity index (χ2v) is 4.49. The molecule has 1 aromatic carbocycles. The number of aromatic nitrogens is 1. The average molecular weight is 258 g/mol. The summed E-state index contributed by atoms with van der Waals surface area (Å²) in [4.78, 5) is 4.05. The van der Waals surface area contributed by atoms with Crippen LogP contribution in [0.2, 0.25) is 0 Å². The smallest absolute Gasteiger partial charge is 0.375 e. The Bertz CT molecular complexity index is 546.